The summed E-state index contributed by atoms with van der Waals surface area (Å²) in [6.45, 7) is 3.64. The molecule has 0 aliphatic heterocycles. The number of esters is 1. The van der Waals surface area contributed by atoms with Crippen LogP contribution in [-0.4, -0.2) is 34.2 Å². The minimum atomic E-state index is -0.448. The number of carbonyl (C=O) groups excluding carboxylic acids is 2. The van der Waals surface area contributed by atoms with E-state index in [1.807, 2.05) is 31.2 Å². The van der Waals surface area contributed by atoms with Crippen LogP contribution in [0.25, 0.3) is 11.3 Å². The van der Waals surface area contributed by atoms with Gasteiger partial charge in [-0.3, -0.25) is 9.89 Å². The Morgan fingerprint density at radius 1 is 1.27 bits per heavy atom. The second kappa shape index (κ2) is 7.26. The van der Waals surface area contributed by atoms with Crippen LogP contribution in [0.4, 0.5) is 5.69 Å². The lowest BCUT2D eigenvalue weighted by molar-refractivity contribution is 0.0599. The molecule has 0 radical (unpaired) electrons. The molecule has 7 heteroatoms. The molecular weight excluding hydrogens is 332 g/mol. The fourth-order valence-corrected chi connectivity index (χ4v) is 2.90. The minimum Gasteiger partial charge on any atom is -0.465 e. The quantitative estimate of drug-likeness (QED) is 0.613. The van der Waals surface area contributed by atoms with Gasteiger partial charge in [0.2, 0.25) is 0 Å². The molecule has 0 unspecified atom stereocenters. The van der Waals surface area contributed by atoms with Crippen LogP contribution in [0.5, 0.6) is 0 Å². The summed E-state index contributed by atoms with van der Waals surface area (Å²) in [4.78, 5) is 27.8. The molecule has 0 saturated carbocycles. The first kappa shape index (κ1) is 17.5. The lowest BCUT2D eigenvalue weighted by Gasteiger charge is -2.07. The zero-order chi connectivity index (χ0) is 18.7. The van der Waals surface area contributed by atoms with Gasteiger partial charge in [-0.2, -0.15) is 5.10 Å². The van der Waals surface area contributed by atoms with Gasteiger partial charge in [0.25, 0.3) is 5.91 Å². The third kappa shape index (κ3) is 3.23. The number of ether oxygens (including phenoxy) is 1. The molecule has 0 bridgehead atoms. The molecule has 0 aliphatic rings. The van der Waals surface area contributed by atoms with Gasteiger partial charge in [-0.05, 0) is 37.1 Å². The summed E-state index contributed by atoms with van der Waals surface area (Å²) in [5.41, 5.74) is 4.46. The molecule has 0 aliphatic carbocycles. The highest BCUT2D eigenvalue weighted by atomic mass is 16.5. The summed E-state index contributed by atoms with van der Waals surface area (Å²) < 4.78 is 4.83. The molecular formula is C19H20N4O3. The highest BCUT2D eigenvalue weighted by Crippen LogP contribution is 2.23. The number of carbonyl (C=O) groups is 2. The number of aryl methyl sites for hydroxylation is 1. The Kier molecular flexibility index (Phi) is 4.88. The molecule has 2 heterocycles. The van der Waals surface area contributed by atoms with Crippen molar-refractivity contribution in [3.05, 3.63) is 59.0 Å². The second-order valence-corrected chi connectivity index (χ2v) is 5.83. The van der Waals surface area contributed by atoms with E-state index in [-0.39, 0.29) is 5.91 Å². The molecule has 0 fully saturated rings. The molecule has 1 aromatic carbocycles. The maximum absolute atomic E-state index is 12.7. The van der Waals surface area contributed by atoms with Gasteiger partial charge in [0.1, 0.15) is 5.69 Å². The maximum atomic E-state index is 12.7. The SMILES string of the molecule is CCc1[nH]c(C(=O)Nc2cccc(-c3ccn[nH]3)c2)c(C)c1C(=O)OC. The number of nitrogens with one attached hydrogen (secondary N) is 3. The van der Waals surface area contributed by atoms with Crippen LogP contribution in [0.15, 0.2) is 36.5 Å². The van der Waals surface area contributed by atoms with E-state index in [0.717, 1.165) is 11.3 Å². The summed E-state index contributed by atoms with van der Waals surface area (Å²) >= 11 is 0. The third-order valence-electron chi connectivity index (χ3n) is 4.23. The molecule has 0 atom stereocenters. The fraction of sp³-hybridized carbons (Fsp3) is 0.211. The van der Waals surface area contributed by atoms with Crippen molar-refractivity contribution in [2.45, 2.75) is 20.3 Å². The Morgan fingerprint density at radius 3 is 2.73 bits per heavy atom. The standard InChI is InChI=1S/C19H20N4O3/c1-4-14-16(19(25)26-3)11(2)17(22-14)18(24)21-13-7-5-6-12(10-13)15-8-9-20-23-15/h5-10,22H,4H2,1-3H3,(H,20,23)(H,21,24). The summed E-state index contributed by atoms with van der Waals surface area (Å²) in [6.07, 6.45) is 2.26. The number of anilines is 1. The predicted molar refractivity (Wildman–Crippen MR) is 98.2 cm³/mol. The Balaban J connectivity index is 1.88. The summed E-state index contributed by atoms with van der Waals surface area (Å²) in [5, 5.41) is 9.69. The van der Waals surface area contributed by atoms with Crippen LogP contribution in [-0.2, 0) is 11.2 Å². The van der Waals surface area contributed by atoms with Crippen molar-refractivity contribution in [3.63, 3.8) is 0 Å². The number of H-pyrrole nitrogens is 2. The first-order chi connectivity index (χ1) is 12.5. The van der Waals surface area contributed by atoms with Gasteiger partial charge in [0.05, 0.1) is 18.4 Å². The van der Waals surface area contributed by atoms with Gasteiger partial charge >= 0.3 is 5.97 Å². The number of hydrogen-bond acceptors (Lipinski definition) is 4. The van der Waals surface area contributed by atoms with Gasteiger partial charge in [-0.15, -0.1) is 0 Å². The van der Waals surface area contributed by atoms with Crippen LogP contribution in [0.3, 0.4) is 0 Å². The molecule has 0 saturated heterocycles. The highest BCUT2D eigenvalue weighted by molar-refractivity contribution is 6.07. The summed E-state index contributed by atoms with van der Waals surface area (Å²) in [6, 6.07) is 9.29. The van der Waals surface area contributed by atoms with E-state index >= 15 is 0 Å². The monoisotopic (exact) mass is 352 g/mol. The molecule has 1 amide bonds. The number of amides is 1. The Labute approximate surface area is 150 Å². The van der Waals surface area contributed by atoms with E-state index in [1.165, 1.54) is 7.11 Å². The molecule has 0 spiro atoms. The van der Waals surface area contributed by atoms with Crippen molar-refractivity contribution < 1.29 is 14.3 Å². The Bertz CT molecular complexity index is 942. The van der Waals surface area contributed by atoms with Gasteiger partial charge in [0, 0.05) is 23.1 Å². The predicted octanol–water partition coefficient (Wildman–Crippen LogP) is 3.31. The van der Waals surface area contributed by atoms with Crippen molar-refractivity contribution in [2.24, 2.45) is 0 Å². The zero-order valence-corrected chi connectivity index (χ0v) is 14.8. The Hall–Kier alpha value is -3.35. The van der Waals surface area contributed by atoms with Crippen LogP contribution in [0.1, 0.15) is 39.0 Å². The molecule has 3 aromatic rings. The third-order valence-corrected chi connectivity index (χ3v) is 4.23. The van der Waals surface area contributed by atoms with Gasteiger partial charge in [-0.1, -0.05) is 19.1 Å². The largest absolute Gasteiger partial charge is 0.465 e. The van der Waals surface area contributed by atoms with E-state index < -0.39 is 5.97 Å². The van der Waals surface area contributed by atoms with Crippen molar-refractivity contribution in [3.8, 4) is 11.3 Å². The molecule has 7 nitrogen and oxygen atoms in total. The smallest absolute Gasteiger partial charge is 0.339 e. The van der Waals surface area contributed by atoms with Crippen LogP contribution in [0, 0.1) is 6.92 Å². The normalized spacial score (nSPS) is 10.6. The van der Waals surface area contributed by atoms with Gasteiger partial charge in [0.15, 0.2) is 0 Å². The average molecular weight is 352 g/mol. The lowest BCUT2D eigenvalue weighted by Crippen LogP contribution is -2.14. The van der Waals surface area contributed by atoms with Gasteiger partial charge in [-0.25, -0.2) is 4.79 Å². The van der Waals surface area contributed by atoms with E-state index in [2.05, 4.69) is 20.5 Å². The minimum absolute atomic E-state index is 0.311. The number of rotatable bonds is 5. The molecule has 3 N–H and O–H groups in total. The highest BCUT2D eigenvalue weighted by Gasteiger charge is 2.23. The van der Waals surface area contributed by atoms with Crippen LogP contribution < -0.4 is 5.32 Å². The van der Waals surface area contributed by atoms with E-state index in [9.17, 15) is 9.59 Å². The Morgan fingerprint density at radius 2 is 2.08 bits per heavy atom. The number of aromatic amines is 2. The molecule has 3 rings (SSSR count). The zero-order valence-electron chi connectivity index (χ0n) is 14.8. The first-order valence-electron chi connectivity index (χ1n) is 8.26. The number of benzene rings is 1. The van der Waals surface area contributed by atoms with Crippen molar-refractivity contribution >= 4 is 17.6 Å². The molecule has 134 valence electrons. The topological polar surface area (TPSA) is 99.9 Å². The number of methoxy groups -OCH3 is 1. The number of hydrogen-bond donors (Lipinski definition) is 3. The number of nitrogens with zero attached hydrogens (tertiary/aromatic N) is 1. The van der Waals surface area contributed by atoms with E-state index in [4.69, 9.17) is 4.74 Å². The van der Waals surface area contributed by atoms with E-state index in [0.29, 0.717) is 34.6 Å². The van der Waals surface area contributed by atoms with Gasteiger partial charge < -0.3 is 15.0 Å². The second-order valence-electron chi connectivity index (χ2n) is 5.83. The van der Waals surface area contributed by atoms with E-state index in [1.54, 1.807) is 19.2 Å². The van der Waals surface area contributed by atoms with Crippen molar-refractivity contribution in [1.82, 2.24) is 15.2 Å². The molecule has 26 heavy (non-hydrogen) atoms. The summed E-state index contributed by atoms with van der Waals surface area (Å²) in [5.74, 6) is -0.759. The maximum Gasteiger partial charge on any atom is 0.339 e. The fourth-order valence-electron chi connectivity index (χ4n) is 2.90. The van der Waals surface area contributed by atoms with Crippen LogP contribution >= 0.6 is 0 Å². The van der Waals surface area contributed by atoms with Crippen molar-refractivity contribution in [1.29, 1.82) is 0 Å². The molecule has 2 aromatic heterocycles. The van der Waals surface area contributed by atoms with Crippen LogP contribution in [0.2, 0.25) is 0 Å². The number of aromatic nitrogens is 3. The van der Waals surface area contributed by atoms with Crippen molar-refractivity contribution in [2.75, 3.05) is 12.4 Å². The average Bonchev–Trinajstić information content (AvgIpc) is 3.29. The lowest BCUT2D eigenvalue weighted by atomic mass is 10.1. The first-order valence-corrected chi connectivity index (χ1v) is 8.26. The summed E-state index contributed by atoms with van der Waals surface area (Å²) in [7, 11) is 1.33.